The minimum Gasteiger partial charge on any atom is -0.481 e. The molecule has 96 valence electrons. The summed E-state index contributed by atoms with van der Waals surface area (Å²) in [7, 11) is 0. The third-order valence-electron chi connectivity index (χ3n) is 2.90. The van der Waals surface area contributed by atoms with Gasteiger partial charge in [0.1, 0.15) is 5.03 Å². The topological polar surface area (TPSA) is 70.5 Å². The molecule has 1 aromatic heterocycles. The van der Waals surface area contributed by atoms with Gasteiger partial charge in [-0.05, 0) is 18.4 Å². The maximum absolute atomic E-state index is 12.2. The molecular weight excluding hydrogens is 252 g/mol. The van der Waals surface area contributed by atoms with Gasteiger partial charge in [-0.3, -0.25) is 9.59 Å². The first-order valence-corrected chi connectivity index (χ1v) is 6.84. The van der Waals surface area contributed by atoms with Crippen molar-refractivity contribution in [2.75, 3.05) is 19.3 Å². The van der Waals surface area contributed by atoms with E-state index in [0.717, 1.165) is 0 Å². The Morgan fingerprint density at radius 1 is 1.56 bits per heavy atom. The van der Waals surface area contributed by atoms with Gasteiger partial charge in [0, 0.05) is 25.2 Å². The molecule has 18 heavy (non-hydrogen) atoms. The molecule has 1 N–H and O–H groups in total. The Morgan fingerprint density at radius 2 is 2.28 bits per heavy atom. The van der Waals surface area contributed by atoms with Gasteiger partial charge in [-0.2, -0.15) is 0 Å². The fourth-order valence-electron chi connectivity index (χ4n) is 2.00. The average Bonchev–Trinajstić information content (AvgIpc) is 2.32. The fourth-order valence-corrected chi connectivity index (χ4v) is 2.54. The Bertz CT molecular complexity index is 472. The number of thioether (sulfide) groups is 1. The Morgan fingerprint density at radius 3 is 2.89 bits per heavy atom. The second-order valence-electron chi connectivity index (χ2n) is 4.23. The summed E-state index contributed by atoms with van der Waals surface area (Å²) in [6, 6.07) is 3.49. The number of hydrogen-bond donors (Lipinski definition) is 1. The van der Waals surface area contributed by atoms with Gasteiger partial charge in [0.05, 0.1) is 12.0 Å². The van der Waals surface area contributed by atoms with Gasteiger partial charge in [0.25, 0.3) is 5.91 Å². The summed E-state index contributed by atoms with van der Waals surface area (Å²) in [5.41, 5.74) is 0.596. The third-order valence-corrected chi connectivity index (χ3v) is 3.61. The van der Waals surface area contributed by atoms with Crippen LogP contribution in [0.5, 0.6) is 0 Å². The SMILES string of the molecule is CSc1ncccc1C(=O)N1CC(CC(=O)O)C1. The number of amides is 1. The molecule has 0 aromatic carbocycles. The second kappa shape index (κ2) is 5.39. The van der Waals surface area contributed by atoms with E-state index in [0.29, 0.717) is 23.7 Å². The Kier molecular flexibility index (Phi) is 3.86. The van der Waals surface area contributed by atoms with Crippen molar-refractivity contribution in [3.05, 3.63) is 23.9 Å². The first-order valence-electron chi connectivity index (χ1n) is 5.62. The molecule has 2 rings (SSSR count). The number of carbonyl (C=O) groups excluding carboxylic acids is 1. The maximum atomic E-state index is 12.2. The summed E-state index contributed by atoms with van der Waals surface area (Å²) in [6.45, 7) is 1.04. The minimum absolute atomic E-state index is 0.0610. The predicted molar refractivity (Wildman–Crippen MR) is 67.7 cm³/mol. The van der Waals surface area contributed by atoms with Gasteiger partial charge in [-0.25, -0.2) is 4.98 Å². The molecule has 6 heteroatoms. The van der Waals surface area contributed by atoms with E-state index in [1.807, 2.05) is 6.26 Å². The average molecular weight is 266 g/mol. The first kappa shape index (κ1) is 12.9. The van der Waals surface area contributed by atoms with E-state index in [2.05, 4.69) is 4.98 Å². The molecule has 1 saturated heterocycles. The zero-order valence-electron chi connectivity index (χ0n) is 10.00. The molecule has 1 aromatic rings. The molecule has 1 aliphatic rings. The van der Waals surface area contributed by atoms with Crippen molar-refractivity contribution < 1.29 is 14.7 Å². The van der Waals surface area contributed by atoms with Crippen molar-refractivity contribution in [2.24, 2.45) is 5.92 Å². The van der Waals surface area contributed by atoms with Crippen LogP contribution in [0.25, 0.3) is 0 Å². The van der Waals surface area contributed by atoms with Crippen LogP contribution in [0, 0.1) is 5.92 Å². The number of rotatable bonds is 4. The summed E-state index contributed by atoms with van der Waals surface area (Å²) >= 11 is 1.43. The van der Waals surface area contributed by atoms with Gasteiger partial charge in [-0.1, -0.05) is 0 Å². The second-order valence-corrected chi connectivity index (χ2v) is 5.03. The number of likely N-dealkylation sites (tertiary alicyclic amines) is 1. The fraction of sp³-hybridized carbons (Fsp3) is 0.417. The number of carboxylic acid groups (broad SMARTS) is 1. The first-order chi connectivity index (χ1) is 8.61. The van der Waals surface area contributed by atoms with Gasteiger partial charge >= 0.3 is 5.97 Å². The normalized spacial score (nSPS) is 15.3. The monoisotopic (exact) mass is 266 g/mol. The molecule has 1 fully saturated rings. The van der Waals surface area contributed by atoms with E-state index >= 15 is 0 Å². The van der Waals surface area contributed by atoms with Crippen molar-refractivity contribution in [1.82, 2.24) is 9.88 Å². The highest BCUT2D eigenvalue weighted by molar-refractivity contribution is 7.98. The van der Waals surface area contributed by atoms with Gasteiger partial charge in [-0.15, -0.1) is 11.8 Å². The number of hydrogen-bond acceptors (Lipinski definition) is 4. The highest BCUT2D eigenvalue weighted by atomic mass is 32.2. The Labute approximate surface area is 109 Å². The number of pyridine rings is 1. The van der Waals surface area contributed by atoms with Crippen molar-refractivity contribution >= 4 is 23.6 Å². The van der Waals surface area contributed by atoms with E-state index in [4.69, 9.17) is 5.11 Å². The molecule has 1 amide bonds. The molecule has 0 saturated carbocycles. The molecule has 0 bridgehead atoms. The largest absolute Gasteiger partial charge is 0.481 e. The molecule has 1 aliphatic heterocycles. The maximum Gasteiger partial charge on any atom is 0.303 e. The van der Waals surface area contributed by atoms with E-state index in [-0.39, 0.29) is 18.2 Å². The molecule has 0 aliphatic carbocycles. The van der Waals surface area contributed by atoms with Crippen LogP contribution in [-0.2, 0) is 4.79 Å². The van der Waals surface area contributed by atoms with Crippen LogP contribution in [0.3, 0.4) is 0 Å². The summed E-state index contributed by atoms with van der Waals surface area (Å²) in [5.74, 6) is -0.784. The summed E-state index contributed by atoms with van der Waals surface area (Å²) < 4.78 is 0. The Balaban J connectivity index is 1.99. The summed E-state index contributed by atoms with van der Waals surface area (Å²) in [6.07, 6.45) is 3.67. The third kappa shape index (κ3) is 2.64. The molecular formula is C12H14N2O3S. The van der Waals surface area contributed by atoms with Crippen LogP contribution in [-0.4, -0.2) is 46.2 Å². The molecule has 0 unspecified atom stereocenters. The van der Waals surface area contributed by atoms with Crippen molar-refractivity contribution in [3.63, 3.8) is 0 Å². The number of aromatic nitrogens is 1. The van der Waals surface area contributed by atoms with Crippen LogP contribution < -0.4 is 0 Å². The van der Waals surface area contributed by atoms with Crippen LogP contribution >= 0.6 is 11.8 Å². The Hall–Kier alpha value is -1.56. The number of nitrogens with zero attached hydrogens (tertiary/aromatic N) is 2. The molecule has 0 atom stereocenters. The number of aliphatic carboxylic acids is 1. The van der Waals surface area contributed by atoms with Crippen LogP contribution in [0.2, 0.25) is 0 Å². The molecule has 0 spiro atoms. The number of carboxylic acids is 1. The standard InChI is InChI=1S/C12H14N2O3S/c1-18-11-9(3-2-4-13-11)12(17)14-6-8(7-14)5-10(15)16/h2-4,8H,5-7H2,1H3,(H,15,16). The van der Waals surface area contributed by atoms with Gasteiger partial charge in [0.15, 0.2) is 0 Å². The van der Waals surface area contributed by atoms with Gasteiger partial charge in [0.2, 0.25) is 0 Å². The lowest BCUT2D eigenvalue weighted by Crippen LogP contribution is -2.50. The molecule has 0 radical (unpaired) electrons. The van der Waals surface area contributed by atoms with E-state index in [1.165, 1.54) is 11.8 Å². The van der Waals surface area contributed by atoms with Crippen molar-refractivity contribution in [2.45, 2.75) is 11.4 Å². The summed E-state index contributed by atoms with van der Waals surface area (Å²) in [5, 5.41) is 9.37. The van der Waals surface area contributed by atoms with E-state index in [9.17, 15) is 9.59 Å². The van der Waals surface area contributed by atoms with Crippen molar-refractivity contribution in [3.8, 4) is 0 Å². The zero-order chi connectivity index (χ0) is 13.1. The van der Waals surface area contributed by atoms with Crippen LogP contribution in [0.4, 0.5) is 0 Å². The lowest BCUT2D eigenvalue weighted by atomic mass is 9.95. The highest BCUT2D eigenvalue weighted by Crippen LogP contribution is 2.24. The van der Waals surface area contributed by atoms with Gasteiger partial charge < -0.3 is 10.0 Å². The molecule has 2 heterocycles. The number of carbonyl (C=O) groups is 2. The minimum atomic E-state index is -0.807. The van der Waals surface area contributed by atoms with Crippen LogP contribution in [0.15, 0.2) is 23.4 Å². The lowest BCUT2D eigenvalue weighted by Gasteiger charge is -2.38. The zero-order valence-corrected chi connectivity index (χ0v) is 10.8. The lowest BCUT2D eigenvalue weighted by molar-refractivity contribution is -0.139. The quantitative estimate of drug-likeness (QED) is 0.833. The van der Waals surface area contributed by atoms with E-state index < -0.39 is 5.97 Å². The molecule has 5 nitrogen and oxygen atoms in total. The van der Waals surface area contributed by atoms with E-state index in [1.54, 1.807) is 23.2 Å². The van der Waals surface area contributed by atoms with Crippen molar-refractivity contribution in [1.29, 1.82) is 0 Å². The predicted octanol–water partition coefficient (Wildman–Crippen LogP) is 1.35. The highest BCUT2D eigenvalue weighted by Gasteiger charge is 2.33. The van der Waals surface area contributed by atoms with Crippen LogP contribution in [0.1, 0.15) is 16.8 Å². The smallest absolute Gasteiger partial charge is 0.303 e. The summed E-state index contributed by atoms with van der Waals surface area (Å²) in [4.78, 5) is 28.5.